The molecule has 9 nitrogen and oxygen atoms in total. The van der Waals surface area contributed by atoms with Crippen molar-refractivity contribution in [1.29, 1.82) is 0 Å². The van der Waals surface area contributed by atoms with Crippen molar-refractivity contribution in [2.45, 2.75) is 55.2 Å². The van der Waals surface area contributed by atoms with Gasteiger partial charge in [0.15, 0.2) is 0 Å². The molecule has 2 N–H and O–H groups in total. The summed E-state index contributed by atoms with van der Waals surface area (Å²) in [7, 11) is -4.71. The number of carbonyl (C=O) groups excluding carboxylic acids is 3. The Balaban J connectivity index is 1.93. The van der Waals surface area contributed by atoms with Crippen LogP contribution in [-0.4, -0.2) is 72.1 Å². The van der Waals surface area contributed by atoms with Gasteiger partial charge < -0.3 is 10.2 Å². The number of halogens is 3. The SMILES string of the molecule is CC(=O)NC1CNC2(S(=O)(=O)c3ccc(Cl)cc3F)CN(C(C)C)C(=O)C(Cc3ccc(Cl)cc3)N2C1=O. The lowest BCUT2D eigenvalue weighted by Crippen LogP contribution is -2.83. The maximum absolute atomic E-state index is 15.1. The molecule has 0 radical (unpaired) electrons. The van der Waals surface area contributed by atoms with Crippen LogP contribution in [0, 0.1) is 5.82 Å². The number of amides is 3. The van der Waals surface area contributed by atoms with E-state index in [1.165, 1.54) is 17.9 Å². The quantitative estimate of drug-likeness (QED) is 0.538. The van der Waals surface area contributed by atoms with Gasteiger partial charge in [0.2, 0.25) is 32.6 Å². The lowest BCUT2D eigenvalue weighted by atomic mass is 9.96. The van der Waals surface area contributed by atoms with E-state index in [9.17, 15) is 22.8 Å². The first-order valence-corrected chi connectivity index (χ1v) is 14.1. The lowest BCUT2D eigenvalue weighted by molar-refractivity contribution is -0.167. The topological polar surface area (TPSA) is 116 Å². The summed E-state index contributed by atoms with van der Waals surface area (Å²) in [6.45, 7) is 3.96. The first-order chi connectivity index (χ1) is 17.8. The van der Waals surface area contributed by atoms with E-state index in [4.69, 9.17) is 23.2 Å². The molecule has 2 saturated heterocycles. The van der Waals surface area contributed by atoms with Gasteiger partial charge in [-0.25, -0.2) is 12.8 Å². The van der Waals surface area contributed by atoms with Crippen LogP contribution in [0.15, 0.2) is 47.4 Å². The second-order valence-electron chi connectivity index (χ2n) is 9.61. The molecule has 4 rings (SSSR count). The molecule has 3 unspecified atom stereocenters. The molecule has 13 heteroatoms. The smallest absolute Gasteiger partial charge is 0.249 e. The molecule has 3 atom stereocenters. The Morgan fingerprint density at radius 3 is 2.34 bits per heavy atom. The number of nitrogens with one attached hydrogen (secondary N) is 2. The number of sulfone groups is 1. The minimum absolute atomic E-state index is 0.00236. The van der Waals surface area contributed by atoms with E-state index in [1.54, 1.807) is 38.1 Å². The number of piperazine rings is 1. The van der Waals surface area contributed by atoms with Crippen LogP contribution in [0.4, 0.5) is 4.39 Å². The van der Waals surface area contributed by atoms with E-state index in [2.05, 4.69) is 10.6 Å². The minimum atomic E-state index is -4.71. The highest BCUT2D eigenvalue weighted by molar-refractivity contribution is 7.92. The van der Waals surface area contributed by atoms with Gasteiger partial charge in [-0.15, -0.1) is 0 Å². The van der Waals surface area contributed by atoms with Gasteiger partial charge in [0.1, 0.15) is 22.8 Å². The van der Waals surface area contributed by atoms with E-state index in [0.717, 1.165) is 17.0 Å². The summed E-state index contributed by atoms with van der Waals surface area (Å²) in [5.41, 5.74) is 0.622. The summed E-state index contributed by atoms with van der Waals surface area (Å²) in [6.07, 6.45) is -0.0419. The van der Waals surface area contributed by atoms with Gasteiger partial charge in [-0.05, 0) is 49.7 Å². The second-order valence-corrected chi connectivity index (χ2v) is 12.6. The zero-order chi connectivity index (χ0) is 28.0. The number of hydrogen-bond donors (Lipinski definition) is 2. The second kappa shape index (κ2) is 10.4. The predicted octanol–water partition coefficient (Wildman–Crippen LogP) is 2.36. The molecule has 2 aromatic carbocycles. The summed E-state index contributed by atoms with van der Waals surface area (Å²) < 4.78 is 43.6. The van der Waals surface area contributed by atoms with Crippen molar-refractivity contribution in [3.05, 3.63) is 63.9 Å². The van der Waals surface area contributed by atoms with Crippen LogP contribution in [0.3, 0.4) is 0 Å². The van der Waals surface area contributed by atoms with Gasteiger partial charge in [-0.2, -0.15) is 0 Å². The van der Waals surface area contributed by atoms with E-state index in [-0.39, 0.29) is 18.0 Å². The molecule has 0 bridgehead atoms. The van der Waals surface area contributed by atoms with Crippen molar-refractivity contribution in [2.75, 3.05) is 13.1 Å². The Labute approximate surface area is 230 Å². The first kappa shape index (κ1) is 28.3. The molecule has 2 aromatic rings. The maximum atomic E-state index is 15.1. The van der Waals surface area contributed by atoms with Gasteiger partial charge in [0, 0.05) is 36.0 Å². The first-order valence-electron chi connectivity index (χ1n) is 11.9. The molecule has 0 spiro atoms. The monoisotopic (exact) mass is 584 g/mol. The third-order valence-electron chi connectivity index (χ3n) is 6.74. The number of benzene rings is 2. The number of carbonyl (C=O) groups is 3. The van der Waals surface area contributed by atoms with Crippen LogP contribution in [0.25, 0.3) is 0 Å². The number of fused-ring (bicyclic) bond motifs is 1. The highest BCUT2D eigenvalue weighted by Gasteiger charge is 2.63. The van der Waals surface area contributed by atoms with Crippen LogP contribution in [0.2, 0.25) is 10.0 Å². The zero-order valence-electron chi connectivity index (χ0n) is 20.9. The third kappa shape index (κ3) is 4.88. The van der Waals surface area contributed by atoms with E-state index in [0.29, 0.717) is 10.6 Å². The average molecular weight is 585 g/mol. The van der Waals surface area contributed by atoms with Crippen molar-refractivity contribution in [3.8, 4) is 0 Å². The van der Waals surface area contributed by atoms with Crippen molar-refractivity contribution < 1.29 is 27.2 Å². The normalized spacial score (nSPS) is 24.0. The predicted molar refractivity (Wildman–Crippen MR) is 140 cm³/mol. The van der Waals surface area contributed by atoms with Crippen molar-refractivity contribution in [3.63, 3.8) is 0 Å². The molecule has 2 fully saturated rings. The summed E-state index contributed by atoms with van der Waals surface area (Å²) in [5, 5.41) is 5.89. The molecule has 38 heavy (non-hydrogen) atoms. The molecule has 0 saturated carbocycles. The number of nitrogens with zero attached hydrogens (tertiary/aromatic N) is 2. The largest absolute Gasteiger partial charge is 0.343 e. The van der Waals surface area contributed by atoms with E-state index < -0.39 is 67.9 Å². The summed E-state index contributed by atoms with van der Waals surface area (Å²) >= 11 is 11.9. The van der Waals surface area contributed by atoms with Crippen LogP contribution in [-0.2, 0) is 30.6 Å². The molecule has 2 aliphatic rings. The third-order valence-corrected chi connectivity index (χ3v) is 9.50. The fourth-order valence-electron chi connectivity index (χ4n) is 4.93. The highest BCUT2D eigenvalue weighted by Crippen LogP contribution is 2.39. The van der Waals surface area contributed by atoms with Gasteiger partial charge in [0.25, 0.3) is 0 Å². The van der Waals surface area contributed by atoms with Gasteiger partial charge in [-0.3, -0.25) is 24.6 Å². The van der Waals surface area contributed by atoms with Gasteiger partial charge >= 0.3 is 0 Å². The Bertz CT molecular complexity index is 1390. The standard InChI is InChI=1S/C25H27Cl2FN4O5S/c1-14(2)31-13-25(38(36,37)22-9-8-18(27)11-19(22)28)29-12-20(30-15(3)33)23(34)32(25)21(24(31)35)10-16-4-6-17(26)7-5-16/h4-9,11,14,20-21,29H,10,12-13H2,1-3H3,(H,30,33). The Kier molecular flexibility index (Phi) is 7.77. The van der Waals surface area contributed by atoms with Gasteiger partial charge in [-0.1, -0.05) is 35.3 Å². The Morgan fingerprint density at radius 1 is 1.13 bits per heavy atom. The molecule has 2 aliphatic heterocycles. The van der Waals surface area contributed by atoms with Crippen molar-refractivity contribution >= 4 is 50.8 Å². The maximum Gasteiger partial charge on any atom is 0.249 e. The number of rotatable bonds is 6. The molecule has 2 heterocycles. The zero-order valence-corrected chi connectivity index (χ0v) is 23.2. The molecule has 3 amide bonds. The van der Waals surface area contributed by atoms with Crippen LogP contribution >= 0.6 is 23.2 Å². The minimum Gasteiger partial charge on any atom is -0.343 e. The fourth-order valence-corrected chi connectivity index (χ4v) is 7.20. The summed E-state index contributed by atoms with van der Waals surface area (Å²) in [4.78, 5) is 38.9. The van der Waals surface area contributed by atoms with Gasteiger partial charge in [0.05, 0.1) is 6.54 Å². The summed E-state index contributed by atoms with van der Waals surface area (Å²) in [6, 6.07) is 6.87. The van der Waals surface area contributed by atoms with Crippen LogP contribution in [0.1, 0.15) is 26.3 Å². The molecular formula is C25H27Cl2FN4O5S. The van der Waals surface area contributed by atoms with E-state index >= 15 is 4.39 Å². The molecule has 0 aliphatic carbocycles. The molecule has 0 aromatic heterocycles. The molecule has 204 valence electrons. The number of hydrogen-bond acceptors (Lipinski definition) is 6. The van der Waals surface area contributed by atoms with Crippen LogP contribution in [0.5, 0.6) is 0 Å². The Hall–Kier alpha value is -2.73. The summed E-state index contributed by atoms with van der Waals surface area (Å²) in [5.74, 6) is -2.85. The van der Waals surface area contributed by atoms with Crippen LogP contribution < -0.4 is 10.6 Å². The Morgan fingerprint density at radius 2 is 1.76 bits per heavy atom. The average Bonchev–Trinajstić information content (AvgIpc) is 2.83. The lowest BCUT2D eigenvalue weighted by Gasteiger charge is -2.57. The molecular weight excluding hydrogens is 558 g/mol. The van der Waals surface area contributed by atoms with Crippen molar-refractivity contribution in [1.82, 2.24) is 20.4 Å². The van der Waals surface area contributed by atoms with E-state index in [1.807, 2.05) is 0 Å². The van der Waals surface area contributed by atoms with Crippen molar-refractivity contribution in [2.24, 2.45) is 0 Å². The fraction of sp³-hybridized carbons (Fsp3) is 0.400. The highest BCUT2D eigenvalue weighted by atomic mass is 35.5.